The zero-order valence-electron chi connectivity index (χ0n) is 4.68. The maximum Gasteiger partial charge on any atom is 0.00758 e. The second-order valence-corrected chi connectivity index (χ2v) is 5.60. The van der Waals surface area contributed by atoms with Gasteiger partial charge in [0.15, 0.2) is 0 Å². The molecular formula is C5H11NS. The summed E-state index contributed by atoms with van der Waals surface area (Å²) in [7, 11) is -1.05. The van der Waals surface area contributed by atoms with Crippen molar-refractivity contribution in [2.24, 2.45) is 0 Å². The van der Waals surface area contributed by atoms with E-state index in [2.05, 4.69) is 0 Å². The minimum Gasteiger partial charge on any atom is -0.231 e. The topological polar surface area (TPSA) is 23.8 Å². The van der Waals surface area contributed by atoms with Crippen LogP contribution in [0.25, 0.3) is 0 Å². The number of rotatable bonds is 0. The van der Waals surface area contributed by atoms with Gasteiger partial charge >= 0.3 is 0 Å². The van der Waals surface area contributed by atoms with Crippen molar-refractivity contribution >= 4 is 9.66 Å². The minimum absolute atomic E-state index is 1.05. The molecule has 1 aliphatic heterocycles. The highest BCUT2D eigenvalue weighted by Gasteiger charge is 2.13. The van der Waals surface area contributed by atoms with E-state index in [-0.39, 0.29) is 0 Å². The predicted octanol–water partition coefficient (Wildman–Crippen LogP) is 1.69. The molecule has 0 spiro atoms. The fourth-order valence-corrected chi connectivity index (χ4v) is 2.78. The van der Waals surface area contributed by atoms with Crippen molar-refractivity contribution in [1.82, 2.24) is 0 Å². The Hall–Kier alpha value is 0.0600. The smallest absolute Gasteiger partial charge is 0.00758 e. The molecule has 1 aliphatic rings. The third-order valence-corrected chi connectivity index (χ3v) is 3.75. The first-order chi connectivity index (χ1) is 3.21. The van der Waals surface area contributed by atoms with Crippen molar-refractivity contribution in [3.8, 4) is 0 Å². The van der Waals surface area contributed by atoms with Crippen LogP contribution in [-0.4, -0.2) is 17.8 Å². The van der Waals surface area contributed by atoms with Gasteiger partial charge in [-0.15, -0.1) is 0 Å². The molecule has 42 valence electrons. The van der Waals surface area contributed by atoms with Gasteiger partial charge in [-0.25, -0.2) is 4.61 Å². The van der Waals surface area contributed by atoms with E-state index in [0.29, 0.717) is 0 Å². The molecule has 2 heteroatoms. The molecule has 1 heterocycles. The Morgan fingerprint density at radius 2 is 1.71 bits per heavy atom. The van der Waals surface area contributed by atoms with Crippen LogP contribution in [-0.2, 0) is 0 Å². The third-order valence-electron chi connectivity index (χ3n) is 1.42. The van der Waals surface area contributed by atoms with Crippen LogP contribution in [0.3, 0.4) is 0 Å². The molecule has 0 aromatic heterocycles. The van der Waals surface area contributed by atoms with Crippen LogP contribution in [0.2, 0.25) is 0 Å². The van der Waals surface area contributed by atoms with Gasteiger partial charge in [0.1, 0.15) is 0 Å². The Morgan fingerprint density at radius 3 is 1.86 bits per heavy atom. The molecule has 0 radical (unpaired) electrons. The van der Waals surface area contributed by atoms with E-state index >= 15 is 0 Å². The largest absolute Gasteiger partial charge is 0.231 e. The first kappa shape index (κ1) is 5.20. The van der Waals surface area contributed by atoms with Crippen LogP contribution in [0.5, 0.6) is 0 Å². The van der Waals surface area contributed by atoms with E-state index < -0.39 is 9.66 Å². The van der Waals surface area contributed by atoms with Crippen LogP contribution in [0.4, 0.5) is 0 Å². The maximum atomic E-state index is 9.28. The highest BCUT2D eigenvalue weighted by Crippen LogP contribution is 2.35. The van der Waals surface area contributed by atoms with Gasteiger partial charge < -0.3 is 0 Å². The lowest BCUT2D eigenvalue weighted by atomic mass is 10.4. The maximum absolute atomic E-state index is 9.28. The second-order valence-electron chi connectivity index (χ2n) is 2.34. The van der Waals surface area contributed by atoms with Crippen molar-refractivity contribution < 1.29 is 0 Å². The van der Waals surface area contributed by atoms with E-state index in [9.17, 15) is 4.61 Å². The van der Waals surface area contributed by atoms with Crippen LogP contribution in [0.1, 0.15) is 12.8 Å². The summed E-state index contributed by atoms with van der Waals surface area (Å²) < 4.78 is 9.28. The van der Waals surface area contributed by atoms with Gasteiger partial charge in [-0.05, 0) is 19.1 Å². The minimum atomic E-state index is -1.05. The SMILES string of the molecule is CS1(#N)CCCC1. The molecule has 7 heavy (non-hydrogen) atoms. The molecule has 1 fully saturated rings. The van der Waals surface area contributed by atoms with Crippen molar-refractivity contribution in [3.63, 3.8) is 0 Å². The molecule has 1 nitrogen and oxygen atoms in total. The fourth-order valence-electron chi connectivity index (χ4n) is 0.928. The Bertz CT molecular complexity index is 138. The monoisotopic (exact) mass is 117 g/mol. The first-order valence-electron chi connectivity index (χ1n) is 2.67. The average Bonchev–Trinajstić information content (AvgIpc) is 1.84. The van der Waals surface area contributed by atoms with Crippen LogP contribution in [0.15, 0.2) is 0 Å². The summed E-state index contributed by atoms with van der Waals surface area (Å²) in [5.41, 5.74) is 0. The molecule has 0 atom stereocenters. The van der Waals surface area contributed by atoms with Crippen LogP contribution < -0.4 is 0 Å². The predicted molar refractivity (Wildman–Crippen MR) is 34.2 cm³/mol. The van der Waals surface area contributed by atoms with Crippen LogP contribution >= 0.6 is 9.66 Å². The van der Waals surface area contributed by atoms with Gasteiger partial charge in [-0.2, -0.15) is 0 Å². The molecule has 1 rings (SSSR count). The Kier molecular flexibility index (Phi) is 1.14. The average molecular weight is 117 g/mol. The lowest BCUT2D eigenvalue weighted by molar-refractivity contribution is 0.949. The molecule has 0 bridgehead atoms. The van der Waals surface area contributed by atoms with Gasteiger partial charge in [0.25, 0.3) is 0 Å². The summed E-state index contributed by atoms with van der Waals surface area (Å²) in [6, 6.07) is 0. The second kappa shape index (κ2) is 1.53. The molecular weight excluding hydrogens is 106 g/mol. The molecule has 0 amide bonds. The summed E-state index contributed by atoms with van der Waals surface area (Å²) >= 11 is 0. The molecule has 0 saturated carbocycles. The Balaban J connectivity index is 2.63. The lowest BCUT2D eigenvalue weighted by Gasteiger charge is -1.98. The zero-order valence-corrected chi connectivity index (χ0v) is 5.50. The first-order valence-corrected chi connectivity index (χ1v) is 5.00. The standard InChI is InChI=1S/C5H11NS/c1-7(6)4-2-3-5-7/h2-5H2,1H3. The summed E-state index contributed by atoms with van der Waals surface area (Å²) in [4.78, 5) is 0. The summed E-state index contributed by atoms with van der Waals surface area (Å²) in [5, 5.41) is 0. The zero-order chi connectivity index (χ0) is 5.33. The quantitative estimate of drug-likeness (QED) is 0.473. The summed E-state index contributed by atoms with van der Waals surface area (Å²) in [6.07, 6.45) is 4.50. The number of hydrogen-bond acceptors (Lipinski definition) is 1. The van der Waals surface area contributed by atoms with Gasteiger partial charge in [-0.1, -0.05) is 9.66 Å². The normalized spacial score (nSPS) is 28.0. The number of hydrogen-bond donors (Lipinski definition) is 0. The number of nitrogens with zero attached hydrogens (tertiary/aromatic N) is 1. The Morgan fingerprint density at radius 1 is 1.29 bits per heavy atom. The van der Waals surface area contributed by atoms with Crippen molar-refractivity contribution in [2.45, 2.75) is 12.8 Å². The van der Waals surface area contributed by atoms with Crippen molar-refractivity contribution in [2.75, 3.05) is 17.8 Å². The Labute approximate surface area is 45.6 Å². The van der Waals surface area contributed by atoms with Gasteiger partial charge in [0, 0.05) is 11.5 Å². The van der Waals surface area contributed by atoms with E-state index in [4.69, 9.17) is 0 Å². The van der Waals surface area contributed by atoms with Crippen molar-refractivity contribution in [1.29, 1.82) is 4.61 Å². The highest BCUT2D eigenvalue weighted by atomic mass is 32.2. The van der Waals surface area contributed by atoms with E-state index in [0.717, 1.165) is 11.5 Å². The fraction of sp³-hybridized carbons (Fsp3) is 1.00. The molecule has 0 aromatic rings. The third kappa shape index (κ3) is 1.22. The molecule has 0 aliphatic carbocycles. The van der Waals surface area contributed by atoms with Gasteiger partial charge in [-0.3, -0.25) is 0 Å². The lowest BCUT2D eigenvalue weighted by Crippen LogP contribution is -1.78. The van der Waals surface area contributed by atoms with E-state index in [1.807, 2.05) is 6.26 Å². The van der Waals surface area contributed by atoms with Gasteiger partial charge in [0.2, 0.25) is 0 Å². The summed E-state index contributed by atoms with van der Waals surface area (Å²) in [6.45, 7) is 0. The molecule has 0 aromatic carbocycles. The molecule has 0 unspecified atom stereocenters. The van der Waals surface area contributed by atoms with Crippen LogP contribution in [0, 0.1) is 4.61 Å². The van der Waals surface area contributed by atoms with Gasteiger partial charge in [0.05, 0.1) is 0 Å². The highest BCUT2D eigenvalue weighted by molar-refractivity contribution is 8.21. The van der Waals surface area contributed by atoms with E-state index in [1.165, 1.54) is 12.8 Å². The molecule has 0 N–H and O–H groups in total. The van der Waals surface area contributed by atoms with E-state index in [1.54, 1.807) is 0 Å². The molecule has 1 saturated heterocycles. The van der Waals surface area contributed by atoms with Crippen molar-refractivity contribution in [3.05, 3.63) is 0 Å². The summed E-state index contributed by atoms with van der Waals surface area (Å²) in [5.74, 6) is 2.18.